The molecule has 0 saturated heterocycles. The molecule has 0 bridgehead atoms. The molecule has 1 N–H and O–H groups in total. The average Bonchev–Trinajstić information content (AvgIpc) is 2.83. The third-order valence-corrected chi connectivity index (χ3v) is 3.88. The zero-order chi connectivity index (χ0) is 11.7. The Balaban J connectivity index is 2.20. The van der Waals surface area contributed by atoms with Crippen LogP contribution < -0.4 is 0 Å². The summed E-state index contributed by atoms with van der Waals surface area (Å²) >= 11 is 1.63. The summed E-state index contributed by atoms with van der Waals surface area (Å²) in [5, 5.41) is 10.3. The molecule has 0 saturated carbocycles. The van der Waals surface area contributed by atoms with Gasteiger partial charge in [-0.25, -0.2) is 4.98 Å². The van der Waals surface area contributed by atoms with Crippen molar-refractivity contribution in [3.8, 4) is 10.6 Å². The van der Waals surface area contributed by atoms with Gasteiger partial charge in [0, 0.05) is 5.56 Å². The van der Waals surface area contributed by atoms with E-state index < -0.39 is 0 Å². The molecule has 1 aromatic heterocycles. The van der Waals surface area contributed by atoms with Crippen LogP contribution >= 0.6 is 11.3 Å². The SMILES string of the molecule is OCc1cccc2nc(-c3ccccc3)sc12. The molecule has 0 radical (unpaired) electrons. The molecule has 3 aromatic rings. The maximum atomic E-state index is 9.29. The number of rotatable bonds is 2. The van der Waals surface area contributed by atoms with Crippen LogP contribution in [0.15, 0.2) is 48.5 Å². The quantitative estimate of drug-likeness (QED) is 0.745. The van der Waals surface area contributed by atoms with Crippen molar-refractivity contribution in [2.24, 2.45) is 0 Å². The molecule has 0 spiro atoms. The summed E-state index contributed by atoms with van der Waals surface area (Å²) in [5.74, 6) is 0. The van der Waals surface area contributed by atoms with E-state index in [0.717, 1.165) is 26.4 Å². The highest BCUT2D eigenvalue weighted by atomic mass is 32.1. The number of thiazole rings is 1. The maximum absolute atomic E-state index is 9.29. The lowest BCUT2D eigenvalue weighted by Crippen LogP contribution is -1.81. The van der Waals surface area contributed by atoms with Crippen LogP contribution in [0.3, 0.4) is 0 Å². The van der Waals surface area contributed by atoms with Crippen LogP contribution in [0.5, 0.6) is 0 Å². The normalized spacial score (nSPS) is 10.9. The van der Waals surface area contributed by atoms with Crippen molar-refractivity contribution in [1.29, 1.82) is 0 Å². The second-order valence-electron chi connectivity index (χ2n) is 3.81. The van der Waals surface area contributed by atoms with Gasteiger partial charge >= 0.3 is 0 Å². The highest BCUT2D eigenvalue weighted by Gasteiger charge is 2.08. The monoisotopic (exact) mass is 241 g/mol. The van der Waals surface area contributed by atoms with E-state index in [4.69, 9.17) is 0 Å². The highest BCUT2D eigenvalue weighted by molar-refractivity contribution is 7.21. The Morgan fingerprint density at radius 1 is 1.00 bits per heavy atom. The highest BCUT2D eigenvalue weighted by Crippen LogP contribution is 2.32. The van der Waals surface area contributed by atoms with Gasteiger partial charge < -0.3 is 5.11 Å². The molecule has 0 aliphatic heterocycles. The van der Waals surface area contributed by atoms with Gasteiger partial charge in [0.05, 0.1) is 16.8 Å². The minimum Gasteiger partial charge on any atom is -0.392 e. The van der Waals surface area contributed by atoms with Crippen molar-refractivity contribution in [3.63, 3.8) is 0 Å². The predicted octanol–water partition coefficient (Wildman–Crippen LogP) is 3.46. The Bertz CT molecular complexity index is 646. The molecule has 0 unspecified atom stereocenters. The van der Waals surface area contributed by atoms with Gasteiger partial charge in [-0.2, -0.15) is 0 Å². The topological polar surface area (TPSA) is 33.1 Å². The van der Waals surface area contributed by atoms with E-state index in [9.17, 15) is 5.11 Å². The minimum atomic E-state index is 0.0633. The smallest absolute Gasteiger partial charge is 0.124 e. The summed E-state index contributed by atoms with van der Waals surface area (Å²) < 4.78 is 1.08. The number of aliphatic hydroxyl groups excluding tert-OH is 1. The Morgan fingerprint density at radius 2 is 1.82 bits per heavy atom. The first-order chi connectivity index (χ1) is 8.38. The van der Waals surface area contributed by atoms with Crippen LogP contribution in [0.1, 0.15) is 5.56 Å². The van der Waals surface area contributed by atoms with Crippen LogP contribution in [0, 0.1) is 0 Å². The van der Waals surface area contributed by atoms with Crippen molar-refractivity contribution in [2.45, 2.75) is 6.61 Å². The molecular formula is C14H11NOS. The number of aromatic nitrogens is 1. The molecule has 0 amide bonds. The van der Waals surface area contributed by atoms with Gasteiger partial charge in [-0.15, -0.1) is 11.3 Å². The van der Waals surface area contributed by atoms with E-state index in [1.54, 1.807) is 11.3 Å². The first-order valence-electron chi connectivity index (χ1n) is 5.43. The fraction of sp³-hybridized carbons (Fsp3) is 0.0714. The molecule has 3 rings (SSSR count). The van der Waals surface area contributed by atoms with Gasteiger partial charge in [0.2, 0.25) is 0 Å². The van der Waals surface area contributed by atoms with Crippen molar-refractivity contribution < 1.29 is 5.11 Å². The molecule has 0 atom stereocenters. The number of hydrogen-bond acceptors (Lipinski definition) is 3. The standard InChI is InChI=1S/C14H11NOS/c16-9-11-7-4-8-12-13(11)17-14(15-12)10-5-2-1-3-6-10/h1-8,16H,9H2. The molecule has 0 aliphatic carbocycles. The molecule has 3 heteroatoms. The second kappa shape index (κ2) is 4.28. The maximum Gasteiger partial charge on any atom is 0.124 e. The molecule has 0 aliphatic rings. The third-order valence-electron chi connectivity index (χ3n) is 2.69. The van der Waals surface area contributed by atoms with Gasteiger partial charge in [0.25, 0.3) is 0 Å². The van der Waals surface area contributed by atoms with Gasteiger partial charge in [-0.05, 0) is 11.6 Å². The van der Waals surface area contributed by atoms with E-state index in [-0.39, 0.29) is 6.61 Å². The fourth-order valence-electron chi connectivity index (χ4n) is 1.83. The molecule has 17 heavy (non-hydrogen) atoms. The second-order valence-corrected chi connectivity index (χ2v) is 4.81. The van der Waals surface area contributed by atoms with Crippen molar-refractivity contribution >= 4 is 21.6 Å². The van der Waals surface area contributed by atoms with Crippen LogP contribution in [-0.2, 0) is 6.61 Å². The van der Waals surface area contributed by atoms with E-state index >= 15 is 0 Å². The zero-order valence-electron chi connectivity index (χ0n) is 9.13. The predicted molar refractivity (Wildman–Crippen MR) is 71.0 cm³/mol. The van der Waals surface area contributed by atoms with Crippen LogP contribution in [0.4, 0.5) is 0 Å². The zero-order valence-corrected chi connectivity index (χ0v) is 9.95. The van der Waals surface area contributed by atoms with Gasteiger partial charge in [-0.1, -0.05) is 42.5 Å². The Hall–Kier alpha value is -1.71. The molecule has 2 aromatic carbocycles. The van der Waals surface area contributed by atoms with E-state index in [1.165, 1.54) is 0 Å². The van der Waals surface area contributed by atoms with E-state index in [1.807, 2.05) is 36.4 Å². The third kappa shape index (κ3) is 1.84. The number of nitrogens with zero attached hydrogens (tertiary/aromatic N) is 1. The molecule has 84 valence electrons. The first kappa shape index (κ1) is 10.4. The number of hydrogen-bond donors (Lipinski definition) is 1. The number of benzene rings is 2. The Morgan fingerprint density at radius 3 is 2.59 bits per heavy atom. The minimum absolute atomic E-state index is 0.0633. The summed E-state index contributed by atoms with van der Waals surface area (Å²) in [6, 6.07) is 16.0. The van der Waals surface area contributed by atoms with E-state index in [2.05, 4.69) is 17.1 Å². The summed E-state index contributed by atoms with van der Waals surface area (Å²) in [6.45, 7) is 0.0633. The van der Waals surface area contributed by atoms with Crippen molar-refractivity contribution in [1.82, 2.24) is 4.98 Å². The summed E-state index contributed by atoms with van der Waals surface area (Å²) in [5.41, 5.74) is 3.03. The molecular weight excluding hydrogens is 230 g/mol. The van der Waals surface area contributed by atoms with Gasteiger partial charge in [0.1, 0.15) is 5.01 Å². The van der Waals surface area contributed by atoms with Gasteiger partial charge in [-0.3, -0.25) is 0 Å². The van der Waals surface area contributed by atoms with Crippen LogP contribution in [-0.4, -0.2) is 10.1 Å². The van der Waals surface area contributed by atoms with Crippen molar-refractivity contribution in [2.75, 3.05) is 0 Å². The summed E-state index contributed by atoms with van der Waals surface area (Å²) in [6.07, 6.45) is 0. The van der Waals surface area contributed by atoms with E-state index in [0.29, 0.717) is 0 Å². The largest absolute Gasteiger partial charge is 0.392 e. The summed E-state index contributed by atoms with van der Waals surface area (Å²) in [4.78, 5) is 4.60. The van der Waals surface area contributed by atoms with Crippen LogP contribution in [0.2, 0.25) is 0 Å². The first-order valence-corrected chi connectivity index (χ1v) is 6.25. The lowest BCUT2D eigenvalue weighted by molar-refractivity contribution is 0.283. The lowest BCUT2D eigenvalue weighted by Gasteiger charge is -1.94. The lowest BCUT2D eigenvalue weighted by atomic mass is 10.2. The number of aliphatic hydroxyl groups is 1. The molecule has 0 fully saturated rings. The Kier molecular flexibility index (Phi) is 2.63. The Labute approximate surface area is 103 Å². The summed E-state index contributed by atoms with van der Waals surface area (Å²) in [7, 11) is 0. The molecule has 1 heterocycles. The fourth-order valence-corrected chi connectivity index (χ4v) is 2.91. The molecule has 2 nitrogen and oxygen atoms in total. The number of fused-ring (bicyclic) bond motifs is 1. The van der Waals surface area contributed by atoms with Gasteiger partial charge in [0.15, 0.2) is 0 Å². The van der Waals surface area contributed by atoms with Crippen molar-refractivity contribution in [3.05, 3.63) is 54.1 Å². The van der Waals surface area contributed by atoms with Crippen LogP contribution in [0.25, 0.3) is 20.8 Å². The average molecular weight is 241 g/mol.